The van der Waals surface area contributed by atoms with E-state index >= 15 is 0 Å². The van der Waals surface area contributed by atoms with Crippen molar-refractivity contribution in [1.82, 2.24) is 15.3 Å². The van der Waals surface area contributed by atoms with Crippen molar-refractivity contribution in [1.29, 1.82) is 0 Å². The first-order valence-corrected chi connectivity index (χ1v) is 7.33. The third kappa shape index (κ3) is 3.50. The molecule has 2 rings (SSSR count). The molecule has 0 bridgehead atoms. The molecule has 0 aliphatic carbocycles. The summed E-state index contributed by atoms with van der Waals surface area (Å²) in [5.41, 5.74) is -0.219. The van der Waals surface area contributed by atoms with Gasteiger partial charge < -0.3 is 19.9 Å². The van der Waals surface area contributed by atoms with Gasteiger partial charge in [0.05, 0.1) is 13.4 Å². The number of rotatable bonds is 6. The van der Waals surface area contributed by atoms with E-state index in [0.29, 0.717) is 17.5 Å². The normalized spacial score (nSPS) is 19.1. The standard InChI is InChI=1S/C14H24N4O2/c1-3-6-15-8-11-5-4-7-18(9-11)13-12(20-2)14(19)17-10-16-13/h10-11,15H,3-9H2,1-2H3,(H,16,17,19). The first-order chi connectivity index (χ1) is 9.76. The van der Waals surface area contributed by atoms with Crippen molar-refractivity contribution in [3.8, 4) is 5.75 Å². The fourth-order valence-electron chi connectivity index (χ4n) is 2.69. The van der Waals surface area contributed by atoms with E-state index in [1.807, 2.05) is 0 Å². The van der Waals surface area contributed by atoms with Gasteiger partial charge in [0.15, 0.2) is 5.82 Å². The lowest BCUT2D eigenvalue weighted by atomic mass is 9.98. The maximum Gasteiger partial charge on any atom is 0.295 e. The van der Waals surface area contributed by atoms with Gasteiger partial charge in [-0.25, -0.2) is 4.98 Å². The lowest BCUT2D eigenvalue weighted by Gasteiger charge is -2.34. The quantitative estimate of drug-likeness (QED) is 0.761. The Kier molecular flexibility index (Phi) is 5.40. The topological polar surface area (TPSA) is 70.2 Å². The largest absolute Gasteiger partial charge is 0.489 e. The van der Waals surface area contributed by atoms with Gasteiger partial charge in [-0.15, -0.1) is 0 Å². The molecule has 1 aromatic rings. The number of nitrogens with zero attached hydrogens (tertiary/aromatic N) is 2. The summed E-state index contributed by atoms with van der Waals surface area (Å²) in [6.07, 6.45) is 4.94. The van der Waals surface area contributed by atoms with Crippen molar-refractivity contribution in [2.24, 2.45) is 5.92 Å². The Morgan fingerprint density at radius 3 is 3.20 bits per heavy atom. The smallest absolute Gasteiger partial charge is 0.295 e. The number of piperidine rings is 1. The molecule has 1 saturated heterocycles. The van der Waals surface area contributed by atoms with Crippen molar-refractivity contribution in [2.75, 3.05) is 38.2 Å². The number of aromatic nitrogens is 2. The summed E-state index contributed by atoms with van der Waals surface area (Å²) in [5.74, 6) is 1.58. The van der Waals surface area contributed by atoms with Gasteiger partial charge in [-0.3, -0.25) is 4.79 Å². The minimum absolute atomic E-state index is 0.219. The molecule has 20 heavy (non-hydrogen) atoms. The number of nitrogens with one attached hydrogen (secondary N) is 2. The van der Waals surface area contributed by atoms with Crippen LogP contribution in [0.25, 0.3) is 0 Å². The van der Waals surface area contributed by atoms with Crippen LogP contribution in [0.5, 0.6) is 5.75 Å². The zero-order chi connectivity index (χ0) is 14.4. The summed E-state index contributed by atoms with van der Waals surface area (Å²) < 4.78 is 5.20. The third-order valence-electron chi connectivity index (χ3n) is 3.67. The maximum atomic E-state index is 11.7. The number of methoxy groups -OCH3 is 1. The van der Waals surface area contributed by atoms with E-state index < -0.39 is 0 Å². The first kappa shape index (κ1) is 14.8. The van der Waals surface area contributed by atoms with Gasteiger partial charge in [0.25, 0.3) is 5.56 Å². The van der Waals surface area contributed by atoms with E-state index in [2.05, 4.69) is 27.1 Å². The molecule has 1 unspecified atom stereocenters. The molecule has 0 saturated carbocycles. The molecule has 0 aromatic carbocycles. The van der Waals surface area contributed by atoms with E-state index in [4.69, 9.17) is 4.74 Å². The Balaban J connectivity index is 2.05. The van der Waals surface area contributed by atoms with Crippen molar-refractivity contribution < 1.29 is 4.74 Å². The molecular formula is C14H24N4O2. The van der Waals surface area contributed by atoms with Crippen molar-refractivity contribution in [2.45, 2.75) is 26.2 Å². The molecule has 1 aliphatic heterocycles. The predicted molar refractivity (Wildman–Crippen MR) is 79.5 cm³/mol. The van der Waals surface area contributed by atoms with Gasteiger partial charge in [0.2, 0.25) is 5.75 Å². The maximum absolute atomic E-state index is 11.7. The van der Waals surface area contributed by atoms with E-state index in [-0.39, 0.29) is 5.56 Å². The molecule has 6 nitrogen and oxygen atoms in total. The zero-order valence-corrected chi connectivity index (χ0v) is 12.3. The molecule has 2 heterocycles. The Hall–Kier alpha value is -1.56. The Morgan fingerprint density at radius 1 is 1.60 bits per heavy atom. The van der Waals surface area contributed by atoms with Gasteiger partial charge in [0.1, 0.15) is 0 Å². The van der Waals surface area contributed by atoms with Crippen LogP contribution in [0.1, 0.15) is 26.2 Å². The summed E-state index contributed by atoms with van der Waals surface area (Å²) >= 11 is 0. The summed E-state index contributed by atoms with van der Waals surface area (Å²) in [4.78, 5) is 20.8. The van der Waals surface area contributed by atoms with Gasteiger partial charge >= 0.3 is 0 Å². The summed E-state index contributed by atoms with van der Waals surface area (Å²) in [7, 11) is 1.51. The van der Waals surface area contributed by atoms with Gasteiger partial charge in [0, 0.05) is 13.1 Å². The molecule has 0 spiro atoms. The second-order valence-electron chi connectivity index (χ2n) is 5.25. The third-order valence-corrected chi connectivity index (χ3v) is 3.67. The summed E-state index contributed by atoms with van der Waals surface area (Å²) in [6.45, 7) is 6.10. The van der Waals surface area contributed by atoms with Gasteiger partial charge in [-0.05, 0) is 38.3 Å². The average molecular weight is 280 g/mol. The second-order valence-corrected chi connectivity index (χ2v) is 5.25. The lowest BCUT2D eigenvalue weighted by molar-refractivity contribution is 0.377. The molecule has 1 fully saturated rings. The van der Waals surface area contributed by atoms with Crippen molar-refractivity contribution >= 4 is 5.82 Å². The molecule has 0 radical (unpaired) electrons. The molecule has 1 aromatic heterocycles. The minimum Gasteiger partial charge on any atom is -0.489 e. The Bertz CT molecular complexity index is 474. The zero-order valence-electron chi connectivity index (χ0n) is 12.3. The van der Waals surface area contributed by atoms with Gasteiger partial charge in [-0.2, -0.15) is 0 Å². The highest BCUT2D eigenvalue weighted by Crippen LogP contribution is 2.26. The molecule has 1 aliphatic rings. The number of hydrogen-bond donors (Lipinski definition) is 2. The number of H-pyrrole nitrogens is 1. The van der Waals surface area contributed by atoms with Crippen LogP contribution in [0.3, 0.4) is 0 Å². The number of hydrogen-bond acceptors (Lipinski definition) is 5. The van der Waals surface area contributed by atoms with E-state index in [1.54, 1.807) is 0 Å². The SMILES string of the molecule is CCCNCC1CCCN(c2nc[nH]c(=O)c2OC)C1. The van der Waals surface area contributed by atoms with Crippen LogP contribution in [0, 0.1) is 5.92 Å². The van der Waals surface area contributed by atoms with Crippen LogP contribution in [0.2, 0.25) is 0 Å². The van der Waals surface area contributed by atoms with Crippen LogP contribution in [0.15, 0.2) is 11.1 Å². The molecular weight excluding hydrogens is 256 g/mol. The van der Waals surface area contributed by atoms with Crippen LogP contribution < -0.4 is 20.5 Å². The van der Waals surface area contributed by atoms with Crippen LogP contribution in [0.4, 0.5) is 5.82 Å². The van der Waals surface area contributed by atoms with Crippen LogP contribution in [-0.2, 0) is 0 Å². The van der Waals surface area contributed by atoms with E-state index in [9.17, 15) is 4.79 Å². The minimum atomic E-state index is -0.219. The molecule has 112 valence electrons. The molecule has 6 heteroatoms. The fourth-order valence-corrected chi connectivity index (χ4v) is 2.69. The van der Waals surface area contributed by atoms with E-state index in [1.165, 1.54) is 19.9 Å². The van der Waals surface area contributed by atoms with Crippen molar-refractivity contribution in [3.05, 3.63) is 16.7 Å². The predicted octanol–water partition coefficient (Wildman–Crippen LogP) is 0.995. The highest BCUT2D eigenvalue weighted by Gasteiger charge is 2.24. The first-order valence-electron chi connectivity index (χ1n) is 7.33. The second kappa shape index (κ2) is 7.28. The average Bonchev–Trinajstić information content (AvgIpc) is 2.47. The van der Waals surface area contributed by atoms with Crippen molar-refractivity contribution in [3.63, 3.8) is 0 Å². The van der Waals surface area contributed by atoms with Crippen LogP contribution in [-0.4, -0.2) is 43.3 Å². The highest BCUT2D eigenvalue weighted by atomic mass is 16.5. The Labute approximate surface area is 119 Å². The highest BCUT2D eigenvalue weighted by molar-refractivity contribution is 5.50. The molecule has 0 amide bonds. The summed E-state index contributed by atoms with van der Waals surface area (Å²) in [6, 6.07) is 0. The Morgan fingerprint density at radius 2 is 2.45 bits per heavy atom. The van der Waals surface area contributed by atoms with Gasteiger partial charge in [-0.1, -0.05) is 6.92 Å². The molecule has 2 N–H and O–H groups in total. The monoisotopic (exact) mass is 280 g/mol. The number of anilines is 1. The number of ether oxygens (including phenoxy) is 1. The lowest BCUT2D eigenvalue weighted by Crippen LogP contribution is -2.40. The fraction of sp³-hybridized carbons (Fsp3) is 0.714. The number of aromatic amines is 1. The van der Waals surface area contributed by atoms with Crippen LogP contribution >= 0.6 is 0 Å². The summed E-state index contributed by atoms with van der Waals surface area (Å²) in [5, 5.41) is 3.47. The molecule has 1 atom stereocenters. The van der Waals surface area contributed by atoms with E-state index in [0.717, 1.165) is 39.0 Å².